The number of primary amides is 1. The van der Waals surface area contributed by atoms with Crippen LogP contribution in [0.25, 0.3) is 0 Å². The van der Waals surface area contributed by atoms with Crippen molar-refractivity contribution < 1.29 is 18.4 Å². The van der Waals surface area contributed by atoms with Crippen LogP contribution < -0.4 is 10.5 Å². The van der Waals surface area contributed by atoms with E-state index < -0.39 is 5.41 Å². The second-order valence-electron chi connectivity index (χ2n) is 9.30. The van der Waals surface area contributed by atoms with Gasteiger partial charge in [-0.1, -0.05) is 60.7 Å². The molecule has 172 valence electrons. The van der Waals surface area contributed by atoms with Crippen LogP contribution in [0.5, 0.6) is 5.75 Å². The van der Waals surface area contributed by atoms with Gasteiger partial charge in [-0.05, 0) is 35.4 Å². The fourth-order valence-electron chi connectivity index (χ4n) is 5.43. The highest BCUT2D eigenvalue weighted by Gasteiger charge is 2.53. The van der Waals surface area contributed by atoms with Crippen LogP contribution in [0, 0.1) is 11.7 Å². The van der Waals surface area contributed by atoms with E-state index in [1.54, 1.807) is 12.1 Å². The maximum absolute atomic E-state index is 13.2. The van der Waals surface area contributed by atoms with Crippen molar-refractivity contribution in [3.63, 3.8) is 0 Å². The van der Waals surface area contributed by atoms with Crippen LogP contribution in [-0.4, -0.2) is 43.7 Å². The zero-order valence-electron chi connectivity index (χ0n) is 19.1. The van der Waals surface area contributed by atoms with E-state index in [2.05, 4.69) is 7.05 Å². The molecule has 0 spiro atoms. The summed E-state index contributed by atoms with van der Waals surface area (Å²) in [7, 11) is 2.25. The summed E-state index contributed by atoms with van der Waals surface area (Å²) in [4.78, 5) is 13.2. The third-order valence-corrected chi connectivity index (χ3v) is 7.06. The first-order chi connectivity index (χ1) is 15.9. The third kappa shape index (κ3) is 4.79. The van der Waals surface area contributed by atoms with E-state index >= 15 is 0 Å². The molecule has 1 saturated heterocycles. The first kappa shape index (κ1) is 23.0. The van der Waals surface area contributed by atoms with Gasteiger partial charge in [0.15, 0.2) is 0 Å². The first-order valence-electron chi connectivity index (χ1n) is 11.6. The Labute approximate surface area is 195 Å². The lowest BCUT2D eigenvalue weighted by molar-refractivity contribution is -0.899. The monoisotopic (exact) mass is 447 g/mol. The van der Waals surface area contributed by atoms with Gasteiger partial charge in [-0.2, -0.15) is 0 Å². The van der Waals surface area contributed by atoms with Crippen molar-refractivity contribution in [3.05, 3.63) is 102 Å². The summed E-state index contributed by atoms with van der Waals surface area (Å²) >= 11 is 0. The van der Waals surface area contributed by atoms with Gasteiger partial charge < -0.3 is 15.0 Å². The fourth-order valence-corrected chi connectivity index (χ4v) is 5.43. The number of amides is 1. The number of rotatable bonds is 9. The highest BCUT2D eigenvalue weighted by Crippen LogP contribution is 2.45. The van der Waals surface area contributed by atoms with Gasteiger partial charge >= 0.3 is 0 Å². The second kappa shape index (κ2) is 9.75. The summed E-state index contributed by atoms with van der Waals surface area (Å²) in [5.41, 5.74) is 7.27. The molecule has 3 aromatic rings. The molecule has 5 heteroatoms. The minimum absolute atomic E-state index is 0.0998. The summed E-state index contributed by atoms with van der Waals surface area (Å²) in [6.07, 6.45) is 1.79. The number of benzene rings is 3. The lowest BCUT2D eigenvalue weighted by Gasteiger charge is -2.38. The predicted molar refractivity (Wildman–Crippen MR) is 128 cm³/mol. The molecule has 2 N–H and O–H groups in total. The van der Waals surface area contributed by atoms with Crippen molar-refractivity contribution in [3.8, 4) is 5.75 Å². The summed E-state index contributed by atoms with van der Waals surface area (Å²) in [5, 5.41) is 0. The van der Waals surface area contributed by atoms with E-state index in [1.165, 1.54) is 12.1 Å². The van der Waals surface area contributed by atoms with E-state index in [-0.39, 0.29) is 17.6 Å². The number of nitrogens with two attached hydrogens (primary N) is 1. The smallest absolute Gasteiger partial charge is 0.233 e. The Balaban J connectivity index is 1.51. The number of ether oxygens (including phenoxy) is 1. The Morgan fingerprint density at radius 1 is 1.00 bits per heavy atom. The molecule has 0 aromatic heterocycles. The maximum atomic E-state index is 13.2. The number of carbonyl (C=O) groups excluding carboxylic acids is 1. The van der Waals surface area contributed by atoms with E-state index in [9.17, 15) is 9.18 Å². The molecule has 2 atom stereocenters. The van der Waals surface area contributed by atoms with Crippen LogP contribution in [0.4, 0.5) is 4.39 Å². The van der Waals surface area contributed by atoms with Crippen LogP contribution in [-0.2, 0) is 10.2 Å². The van der Waals surface area contributed by atoms with Gasteiger partial charge in [0.25, 0.3) is 0 Å². The van der Waals surface area contributed by atoms with E-state index in [0.717, 1.165) is 48.1 Å². The molecule has 1 amide bonds. The van der Waals surface area contributed by atoms with Gasteiger partial charge in [-0.15, -0.1) is 0 Å². The van der Waals surface area contributed by atoms with Gasteiger partial charge in [0.2, 0.25) is 5.91 Å². The van der Waals surface area contributed by atoms with Crippen molar-refractivity contribution in [1.29, 1.82) is 0 Å². The quantitative estimate of drug-likeness (QED) is 0.387. The number of nitrogens with zero attached hydrogens (tertiary/aromatic N) is 1. The van der Waals surface area contributed by atoms with Gasteiger partial charge in [0.1, 0.15) is 17.0 Å². The Morgan fingerprint density at radius 3 is 2.12 bits per heavy atom. The van der Waals surface area contributed by atoms with Crippen molar-refractivity contribution in [1.82, 2.24) is 0 Å². The molecule has 2 unspecified atom stereocenters. The molecule has 0 aliphatic carbocycles. The van der Waals surface area contributed by atoms with E-state index in [4.69, 9.17) is 10.5 Å². The van der Waals surface area contributed by atoms with Gasteiger partial charge in [-0.25, -0.2) is 4.39 Å². The largest absolute Gasteiger partial charge is 0.493 e. The maximum Gasteiger partial charge on any atom is 0.233 e. The molecule has 4 nitrogen and oxygen atoms in total. The molecule has 0 radical (unpaired) electrons. The molecule has 1 aliphatic heterocycles. The van der Waals surface area contributed by atoms with Gasteiger partial charge in [0.05, 0.1) is 33.3 Å². The van der Waals surface area contributed by atoms with Crippen LogP contribution in [0.15, 0.2) is 84.9 Å². The van der Waals surface area contributed by atoms with E-state index in [1.807, 2.05) is 60.7 Å². The number of carbonyl (C=O) groups is 1. The zero-order chi connectivity index (χ0) is 23.3. The van der Waals surface area contributed by atoms with Gasteiger partial charge in [-0.3, -0.25) is 4.79 Å². The van der Waals surface area contributed by atoms with Crippen molar-refractivity contribution in [2.45, 2.75) is 18.3 Å². The Bertz CT molecular complexity index is 1020. The molecular weight excluding hydrogens is 415 g/mol. The minimum atomic E-state index is -0.858. The van der Waals surface area contributed by atoms with Crippen molar-refractivity contribution in [2.24, 2.45) is 11.7 Å². The number of likely N-dealkylation sites (tertiary alicyclic amines) is 1. The molecule has 0 saturated carbocycles. The Morgan fingerprint density at radius 2 is 1.58 bits per heavy atom. The van der Waals surface area contributed by atoms with Crippen LogP contribution in [0.2, 0.25) is 0 Å². The molecule has 33 heavy (non-hydrogen) atoms. The molecule has 1 fully saturated rings. The number of hydrogen-bond acceptors (Lipinski definition) is 2. The van der Waals surface area contributed by atoms with Crippen LogP contribution in [0.1, 0.15) is 24.0 Å². The standard InChI is InChI=1S/C28H31FN2O2/c1-31(18-8-20-33-26-15-13-25(29)14-16-26)19-17-24(21-31)28(27(30)32,22-9-4-2-5-10-22)23-11-6-3-7-12-23/h2-7,9-16,24H,8,17-21H2,1H3,(H-,30,32)/p+1. The molecule has 4 rings (SSSR count). The van der Waals surface area contributed by atoms with Crippen molar-refractivity contribution >= 4 is 5.91 Å². The number of quaternary nitrogens is 1. The number of hydrogen-bond donors (Lipinski definition) is 1. The third-order valence-electron chi connectivity index (χ3n) is 7.06. The topological polar surface area (TPSA) is 52.3 Å². The SMILES string of the molecule is C[N+]1(CCCOc2ccc(F)cc2)CCC(C(C(N)=O)(c2ccccc2)c2ccccc2)C1. The highest BCUT2D eigenvalue weighted by atomic mass is 19.1. The summed E-state index contributed by atoms with van der Waals surface area (Å²) in [6, 6.07) is 26.1. The Hall–Kier alpha value is -3.18. The summed E-state index contributed by atoms with van der Waals surface area (Å²) < 4.78 is 19.7. The Kier molecular flexibility index (Phi) is 6.80. The normalized spacial score (nSPS) is 20.5. The summed E-state index contributed by atoms with van der Waals surface area (Å²) in [5.74, 6) is 0.221. The molecule has 3 aromatic carbocycles. The van der Waals surface area contributed by atoms with Crippen molar-refractivity contribution in [2.75, 3.05) is 33.3 Å². The van der Waals surface area contributed by atoms with Crippen LogP contribution in [0.3, 0.4) is 0 Å². The van der Waals surface area contributed by atoms with Gasteiger partial charge in [0, 0.05) is 18.8 Å². The van der Waals surface area contributed by atoms with E-state index in [0.29, 0.717) is 12.4 Å². The first-order valence-corrected chi connectivity index (χ1v) is 11.6. The average Bonchev–Trinajstić information content (AvgIpc) is 3.22. The summed E-state index contributed by atoms with van der Waals surface area (Å²) in [6.45, 7) is 3.36. The van der Waals surface area contributed by atoms with Crippen LogP contribution >= 0.6 is 0 Å². The zero-order valence-corrected chi connectivity index (χ0v) is 19.1. The lowest BCUT2D eigenvalue weighted by atomic mass is 9.64. The lowest BCUT2D eigenvalue weighted by Crippen LogP contribution is -2.51. The second-order valence-corrected chi connectivity index (χ2v) is 9.30. The molecule has 1 aliphatic rings. The molecule has 0 bridgehead atoms. The predicted octanol–water partition coefficient (Wildman–Crippen LogP) is 4.53. The number of halogens is 1. The average molecular weight is 448 g/mol. The molecular formula is C28H32FN2O2+. The fraction of sp³-hybridized carbons (Fsp3) is 0.321. The minimum Gasteiger partial charge on any atom is -0.493 e. The molecule has 1 heterocycles. The highest BCUT2D eigenvalue weighted by molar-refractivity contribution is 5.91.